The summed E-state index contributed by atoms with van der Waals surface area (Å²) in [6.07, 6.45) is 4.95. The molecule has 3 atom stereocenters. The van der Waals surface area contributed by atoms with Crippen LogP contribution in [0.15, 0.2) is 24.4 Å². The first-order valence-electron chi connectivity index (χ1n) is 8.38. The summed E-state index contributed by atoms with van der Waals surface area (Å²) in [5.74, 6) is 0.662. The number of piperidine rings is 1. The van der Waals surface area contributed by atoms with Crippen molar-refractivity contribution in [3.05, 3.63) is 30.1 Å². The average Bonchev–Trinajstić information content (AvgIpc) is 3.05. The van der Waals surface area contributed by atoms with Gasteiger partial charge in [0, 0.05) is 31.9 Å². The zero-order chi connectivity index (χ0) is 15.4. The van der Waals surface area contributed by atoms with Crippen LogP contribution < -0.4 is 10.6 Å². The molecule has 3 heterocycles. The molecule has 2 fully saturated rings. The van der Waals surface area contributed by atoms with Gasteiger partial charge in [-0.25, -0.2) is 0 Å². The first-order chi connectivity index (χ1) is 10.7. The van der Waals surface area contributed by atoms with E-state index >= 15 is 0 Å². The Kier molecular flexibility index (Phi) is 5.05. The summed E-state index contributed by atoms with van der Waals surface area (Å²) in [6.45, 7) is 6.13. The van der Waals surface area contributed by atoms with Crippen molar-refractivity contribution in [2.45, 2.75) is 44.8 Å². The van der Waals surface area contributed by atoms with E-state index < -0.39 is 0 Å². The Balaban J connectivity index is 1.48. The Bertz CT molecular complexity index is 487. The number of pyridine rings is 1. The monoisotopic (exact) mass is 302 g/mol. The minimum atomic E-state index is 0.0266. The summed E-state index contributed by atoms with van der Waals surface area (Å²) < 4.78 is 0. The molecule has 2 N–H and O–H groups in total. The molecular formula is C17H26N4O. The normalized spacial score (nSPS) is 29.4. The minimum Gasteiger partial charge on any atom is -0.352 e. The second kappa shape index (κ2) is 7.20. The van der Waals surface area contributed by atoms with Gasteiger partial charge in [0.2, 0.25) is 5.91 Å². The van der Waals surface area contributed by atoms with E-state index in [1.165, 1.54) is 0 Å². The van der Waals surface area contributed by atoms with Crippen molar-refractivity contribution in [2.24, 2.45) is 5.92 Å². The van der Waals surface area contributed by atoms with Gasteiger partial charge in [0.15, 0.2) is 0 Å². The molecule has 0 radical (unpaired) electrons. The van der Waals surface area contributed by atoms with E-state index in [0.717, 1.165) is 51.1 Å². The van der Waals surface area contributed by atoms with E-state index in [4.69, 9.17) is 0 Å². The minimum absolute atomic E-state index is 0.0266. The number of nitrogens with one attached hydrogen (secondary N) is 2. The number of amides is 1. The fourth-order valence-electron chi connectivity index (χ4n) is 3.50. The van der Waals surface area contributed by atoms with Crippen LogP contribution in [0.3, 0.4) is 0 Å². The van der Waals surface area contributed by atoms with Crippen molar-refractivity contribution < 1.29 is 4.79 Å². The van der Waals surface area contributed by atoms with Crippen LogP contribution in [0.2, 0.25) is 0 Å². The average molecular weight is 302 g/mol. The lowest BCUT2D eigenvalue weighted by molar-refractivity contribution is -0.124. The van der Waals surface area contributed by atoms with Crippen molar-refractivity contribution in [3.63, 3.8) is 0 Å². The molecule has 0 aliphatic carbocycles. The molecule has 0 spiro atoms. The molecule has 0 aromatic carbocycles. The number of nitrogens with zero attached hydrogens (tertiary/aromatic N) is 2. The van der Waals surface area contributed by atoms with Gasteiger partial charge in [-0.2, -0.15) is 0 Å². The Morgan fingerprint density at radius 3 is 3.05 bits per heavy atom. The lowest BCUT2D eigenvalue weighted by Gasteiger charge is -2.37. The predicted octanol–water partition coefficient (Wildman–Crippen LogP) is 1.16. The summed E-state index contributed by atoms with van der Waals surface area (Å²) >= 11 is 0. The highest BCUT2D eigenvalue weighted by Crippen LogP contribution is 2.19. The van der Waals surface area contributed by atoms with Crippen LogP contribution >= 0.6 is 0 Å². The maximum Gasteiger partial charge on any atom is 0.237 e. The molecule has 0 bridgehead atoms. The van der Waals surface area contributed by atoms with E-state index in [9.17, 15) is 4.79 Å². The molecule has 0 unspecified atom stereocenters. The third kappa shape index (κ3) is 3.84. The van der Waals surface area contributed by atoms with Crippen LogP contribution in [-0.4, -0.2) is 47.5 Å². The summed E-state index contributed by atoms with van der Waals surface area (Å²) in [4.78, 5) is 19.1. The molecular weight excluding hydrogens is 276 g/mol. The van der Waals surface area contributed by atoms with Crippen molar-refractivity contribution in [2.75, 3.05) is 19.6 Å². The summed E-state index contributed by atoms with van der Waals surface area (Å²) in [5, 5.41) is 6.52. The Labute approximate surface area is 132 Å². The van der Waals surface area contributed by atoms with Crippen LogP contribution in [0.5, 0.6) is 0 Å². The Hall–Kier alpha value is -1.46. The SMILES string of the molecule is C[C@@H]1CN(Cc2ccccn2)CC[C@@H]1NC(=O)[C@H]1CCCN1. The molecule has 22 heavy (non-hydrogen) atoms. The van der Waals surface area contributed by atoms with Crippen molar-refractivity contribution in [1.29, 1.82) is 0 Å². The lowest BCUT2D eigenvalue weighted by Crippen LogP contribution is -2.53. The van der Waals surface area contributed by atoms with Crippen LogP contribution in [0.4, 0.5) is 0 Å². The third-order valence-corrected chi connectivity index (χ3v) is 4.81. The first kappa shape index (κ1) is 15.4. The van der Waals surface area contributed by atoms with Gasteiger partial charge >= 0.3 is 0 Å². The zero-order valence-corrected chi connectivity index (χ0v) is 13.3. The molecule has 2 aliphatic heterocycles. The van der Waals surface area contributed by atoms with Crippen LogP contribution in [0.1, 0.15) is 31.9 Å². The van der Waals surface area contributed by atoms with Crippen LogP contribution in [0.25, 0.3) is 0 Å². The number of carbonyl (C=O) groups excluding carboxylic acids is 1. The fraction of sp³-hybridized carbons (Fsp3) is 0.647. The van der Waals surface area contributed by atoms with E-state index in [1.54, 1.807) is 0 Å². The van der Waals surface area contributed by atoms with Crippen molar-refractivity contribution >= 4 is 5.91 Å². The number of aromatic nitrogens is 1. The molecule has 5 nitrogen and oxygen atoms in total. The number of likely N-dealkylation sites (tertiary alicyclic amines) is 1. The Morgan fingerprint density at radius 2 is 2.36 bits per heavy atom. The fourth-order valence-corrected chi connectivity index (χ4v) is 3.50. The molecule has 3 rings (SSSR count). The number of carbonyl (C=O) groups is 1. The van der Waals surface area contributed by atoms with Gasteiger partial charge in [-0.05, 0) is 43.9 Å². The van der Waals surface area contributed by atoms with Gasteiger partial charge in [-0.3, -0.25) is 14.7 Å². The van der Waals surface area contributed by atoms with Gasteiger partial charge in [0.25, 0.3) is 0 Å². The molecule has 1 aromatic rings. The molecule has 2 saturated heterocycles. The quantitative estimate of drug-likeness (QED) is 0.876. The van der Waals surface area contributed by atoms with Gasteiger partial charge < -0.3 is 10.6 Å². The smallest absolute Gasteiger partial charge is 0.237 e. The van der Waals surface area contributed by atoms with E-state index in [1.807, 2.05) is 18.3 Å². The van der Waals surface area contributed by atoms with Gasteiger partial charge in [-0.1, -0.05) is 13.0 Å². The standard InChI is InChI=1S/C17H26N4O/c1-13-11-21(12-14-5-2-3-8-18-14)10-7-15(13)20-17(22)16-6-4-9-19-16/h2-3,5,8,13,15-16,19H,4,6-7,9-12H2,1H3,(H,20,22)/t13-,15+,16-/m1/s1. The first-order valence-corrected chi connectivity index (χ1v) is 8.38. The highest BCUT2D eigenvalue weighted by Gasteiger charge is 2.30. The maximum absolute atomic E-state index is 12.2. The highest BCUT2D eigenvalue weighted by atomic mass is 16.2. The molecule has 5 heteroatoms. The van der Waals surface area contributed by atoms with Crippen molar-refractivity contribution in [1.82, 2.24) is 20.5 Å². The van der Waals surface area contributed by atoms with Crippen LogP contribution in [-0.2, 0) is 11.3 Å². The highest BCUT2D eigenvalue weighted by molar-refractivity contribution is 5.82. The van der Waals surface area contributed by atoms with Gasteiger partial charge in [0.1, 0.15) is 0 Å². The summed E-state index contributed by atoms with van der Waals surface area (Å²) in [7, 11) is 0. The molecule has 1 aromatic heterocycles. The van der Waals surface area contributed by atoms with Crippen molar-refractivity contribution in [3.8, 4) is 0 Å². The zero-order valence-electron chi connectivity index (χ0n) is 13.3. The predicted molar refractivity (Wildman–Crippen MR) is 86.3 cm³/mol. The summed E-state index contributed by atoms with van der Waals surface area (Å²) in [5.41, 5.74) is 1.12. The number of hydrogen-bond acceptors (Lipinski definition) is 4. The second-order valence-corrected chi connectivity index (χ2v) is 6.59. The second-order valence-electron chi connectivity index (χ2n) is 6.59. The number of hydrogen-bond donors (Lipinski definition) is 2. The largest absolute Gasteiger partial charge is 0.352 e. The Morgan fingerprint density at radius 1 is 1.45 bits per heavy atom. The van der Waals surface area contributed by atoms with Gasteiger partial charge in [-0.15, -0.1) is 0 Å². The van der Waals surface area contributed by atoms with Crippen LogP contribution in [0, 0.1) is 5.92 Å². The van der Waals surface area contributed by atoms with Gasteiger partial charge in [0.05, 0.1) is 11.7 Å². The maximum atomic E-state index is 12.2. The van der Waals surface area contributed by atoms with E-state index in [0.29, 0.717) is 12.0 Å². The molecule has 0 saturated carbocycles. The van der Waals surface area contributed by atoms with E-state index in [2.05, 4.69) is 33.5 Å². The number of rotatable bonds is 4. The summed E-state index contributed by atoms with van der Waals surface area (Å²) in [6, 6.07) is 6.39. The molecule has 2 aliphatic rings. The molecule has 120 valence electrons. The topological polar surface area (TPSA) is 57.3 Å². The third-order valence-electron chi connectivity index (χ3n) is 4.81. The molecule has 1 amide bonds. The lowest BCUT2D eigenvalue weighted by atomic mass is 9.93. The van der Waals surface area contributed by atoms with E-state index in [-0.39, 0.29) is 11.9 Å².